The molecule has 2 N–H and O–H groups in total. The fourth-order valence-electron chi connectivity index (χ4n) is 6.41. The highest BCUT2D eigenvalue weighted by molar-refractivity contribution is 6.15. The van der Waals surface area contributed by atoms with E-state index in [1.807, 2.05) is 20.8 Å². The van der Waals surface area contributed by atoms with Gasteiger partial charge in [-0.2, -0.15) is 10.4 Å². The quantitative estimate of drug-likeness (QED) is 0.502. The van der Waals surface area contributed by atoms with Gasteiger partial charge in [-0.25, -0.2) is 4.79 Å². The van der Waals surface area contributed by atoms with Gasteiger partial charge in [-0.1, -0.05) is 18.2 Å². The number of carbonyl (C=O) groups is 1. The molecule has 12 heteroatoms. The number of halogens is 3. The van der Waals surface area contributed by atoms with Gasteiger partial charge in [-0.05, 0) is 63.9 Å². The third-order valence-electron chi connectivity index (χ3n) is 8.23. The summed E-state index contributed by atoms with van der Waals surface area (Å²) in [6.07, 6.45) is 1.56. The molecule has 2 aromatic rings. The number of nitriles is 1. The average Bonchev–Trinajstić information content (AvgIpc) is 3.49. The standard InChI is InChI=1S/C30H35F3N6O3/c1-28(2,3)42-27(40)38-11-9-29(18-38)12-20(13-29)22-8-10-36-26(23(14-34)25(22)35)21-15-37-39(17-21)16-19-6-4-5-7-24(19)41-30(31,32)33/h4-7,15,17,20,22H,8-13,16,18,35H2,1-3H3. The highest BCUT2D eigenvalue weighted by Crippen LogP contribution is 2.56. The van der Waals surface area contributed by atoms with Crippen LogP contribution in [0.5, 0.6) is 5.75 Å². The Hall–Kier alpha value is -4.01. The van der Waals surface area contributed by atoms with E-state index in [1.165, 1.54) is 22.9 Å². The molecule has 42 heavy (non-hydrogen) atoms. The summed E-state index contributed by atoms with van der Waals surface area (Å²) in [5.41, 5.74) is 8.29. The van der Waals surface area contributed by atoms with Crippen LogP contribution in [0.1, 0.15) is 57.6 Å². The Kier molecular flexibility index (Phi) is 7.72. The first-order valence-electron chi connectivity index (χ1n) is 14.0. The number of carbonyl (C=O) groups excluding carboxylic acids is 1. The van der Waals surface area contributed by atoms with Crippen molar-refractivity contribution in [2.24, 2.45) is 28.0 Å². The summed E-state index contributed by atoms with van der Waals surface area (Å²) in [7, 11) is 0. The molecule has 9 nitrogen and oxygen atoms in total. The summed E-state index contributed by atoms with van der Waals surface area (Å²) in [4.78, 5) is 19.0. The van der Waals surface area contributed by atoms with Gasteiger partial charge in [0.25, 0.3) is 0 Å². The molecule has 5 rings (SSSR count). The molecule has 1 amide bonds. The predicted molar refractivity (Wildman–Crippen MR) is 148 cm³/mol. The monoisotopic (exact) mass is 584 g/mol. The first-order chi connectivity index (χ1) is 19.8. The van der Waals surface area contributed by atoms with Gasteiger partial charge in [0.2, 0.25) is 0 Å². The van der Waals surface area contributed by atoms with Crippen LogP contribution in [0, 0.1) is 28.6 Å². The second-order valence-corrected chi connectivity index (χ2v) is 12.5. The van der Waals surface area contributed by atoms with Crippen LogP contribution in [-0.4, -0.2) is 58.1 Å². The number of hydrogen-bond donors (Lipinski definition) is 1. The number of allylic oxidation sites excluding steroid dienone is 2. The number of aromatic nitrogens is 2. The fraction of sp³-hybridized carbons (Fsp3) is 0.533. The van der Waals surface area contributed by atoms with Gasteiger partial charge in [0.05, 0.1) is 24.0 Å². The Morgan fingerprint density at radius 2 is 1.98 bits per heavy atom. The lowest BCUT2D eigenvalue weighted by atomic mass is 9.56. The van der Waals surface area contributed by atoms with E-state index in [9.17, 15) is 23.2 Å². The molecule has 3 aliphatic rings. The van der Waals surface area contributed by atoms with E-state index in [1.54, 1.807) is 23.4 Å². The molecule has 1 aromatic carbocycles. The molecule has 1 saturated heterocycles. The second-order valence-electron chi connectivity index (χ2n) is 12.5. The van der Waals surface area contributed by atoms with Gasteiger partial charge in [-0.3, -0.25) is 9.67 Å². The number of aliphatic imine (C=N–C) groups is 1. The molecule has 1 aromatic heterocycles. The van der Waals surface area contributed by atoms with Gasteiger partial charge in [-0.15, -0.1) is 13.2 Å². The molecule has 0 bridgehead atoms. The van der Waals surface area contributed by atoms with Crippen molar-refractivity contribution < 1.29 is 27.4 Å². The molecule has 224 valence electrons. The summed E-state index contributed by atoms with van der Waals surface area (Å²) >= 11 is 0. The van der Waals surface area contributed by atoms with E-state index >= 15 is 0 Å². The molecule has 1 saturated carbocycles. The van der Waals surface area contributed by atoms with Crippen LogP contribution >= 0.6 is 0 Å². The maximum atomic E-state index is 12.8. The molecule has 3 heterocycles. The molecule has 1 unspecified atom stereocenters. The third kappa shape index (κ3) is 6.40. The number of rotatable bonds is 5. The Morgan fingerprint density at radius 3 is 2.67 bits per heavy atom. The number of benzene rings is 1. The molecular formula is C30H35F3N6O3. The van der Waals surface area contributed by atoms with Crippen LogP contribution in [0.25, 0.3) is 0 Å². The molecule has 1 atom stereocenters. The van der Waals surface area contributed by atoms with Crippen LogP contribution in [0.4, 0.5) is 18.0 Å². The molecular weight excluding hydrogens is 549 g/mol. The Morgan fingerprint density at radius 1 is 1.24 bits per heavy atom. The van der Waals surface area contributed by atoms with E-state index in [0.29, 0.717) is 54.2 Å². The van der Waals surface area contributed by atoms with Gasteiger partial charge < -0.3 is 20.1 Å². The summed E-state index contributed by atoms with van der Waals surface area (Å²) in [5, 5.41) is 14.4. The van der Waals surface area contributed by atoms with Crippen LogP contribution in [-0.2, 0) is 11.3 Å². The van der Waals surface area contributed by atoms with Crippen molar-refractivity contribution in [2.45, 2.75) is 65.0 Å². The summed E-state index contributed by atoms with van der Waals surface area (Å²) in [6, 6.07) is 8.13. The van der Waals surface area contributed by atoms with Crippen molar-refractivity contribution in [3.05, 3.63) is 59.1 Å². The Bertz CT molecular complexity index is 1440. The van der Waals surface area contributed by atoms with Crippen molar-refractivity contribution in [2.75, 3.05) is 19.6 Å². The summed E-state index contributed by atoms with van der Waals surface area (Å²) in [6.45, 7) is 7.43. The van der Waals surface area contributed by atoms with Crippen molar-refractivity contribution in [1.82, 2.24) is 14.7 Å². The summed E-state index contributed by atoms with van der Waals surface area (Å²) < 4.78 is 49.7. The van der Waals surface area contributed by atoms with Crippen molar-refractivity contribution in [3.63, 3.8) is 0 Å². The molecule has 1 aliphatic carbocycles. The first-order valence-corrected chi connectivity index (χ1v) is 14.0. The average molecular weight is 585 g/mol. The third-order valence-corrected chi connectivity index (χ3v) is 8.23. The number of para-hydroxylation sites is 1. The van der Waals surface area contributed by atoms with E-state index in [0.717, 1.165) is 19.3 Å². The van der Waals surface area contributed by atoms with Gasteiger partial charge in [0, 0.05) is 48.6 Å². The van der Waals surface area contributed by atoms with Crippen LogP contribution in [0.15, 0.2) is 52.9 Å². The SMILES string of the molecule is CC(C)(C)OC(=O)N1CCC2(CC(C3CCN=C(c4cnn(Cc5ccccc5OC(F)(F)F)c4)C(C#N)=C3N)C2)C1. The second kappa shape index (κ2) is 11.0. The lowest BCUT2D eigenvalue weighted by Crippen LogP contribution is -2.45. The van der Waals surface area contributed by atoms with Crippen molar-refractivity contribution in [1.29, 1.82) is 5.26 Å². The molecule has 2 fully saturated rings. The maximum absolute atomic E-state index is 12.8. The maximum Gasteiger partial charge on any atom is 0.573 e. The van der Waals surface area contributed by atoms with E-state index in [2.05, 4.69) is 15.9 Å². The number of nitrogens with two attached hydrogens (primary N) is 1. The fourth-order valence-corrected chi connectivity index (χ4v) is 6.41. The first kappa shape index (κ1) is 29.5. The summed E-state index contributed by atoms with van der Waals surface area (Å²) in [5.74, 6) is -0.0221. The van der Waals surface area contributed by atoms with Crippen molar-refractivity contribution in [3.8, 4) is 11.8 Å². The van der Waals surface area contributed by atoms with Gasteiger partial charge in [0.1, 0.15) is 17.4 Å². The zero-order valence-electron chi connectivity index (χ0n) is 23.9. The number of alkyl halides is 3. The predicted octanol–water partition coefficient (Wildman–Crippen LogP) is 5.41. The van der Waals surface area contributed by atoms with Crippen molar-refractivity contribution >= 4 is 11.8 Å². The lowest BCUT2D eigenvalue weighted by molar-refractivity contribution is -0.274. The number of amides is 1. The number of hydrogen-bond acceptors (Lipinski definition) is 7. The Labute approximate surface area is 242 Å². The van der Waals surface area contributed by atoms with Gasteiger partial charge >= 0.3 is 12.5 Å². The zero-order valence-corrected chi connectivity index (χ0v) is 23.9. The topological polar surface area (TPSA) is 119 Å². The van der Waals surface area contributed by atoms with Gasteiger partial charge in [0.15, 0.2) is 0 Å². The zero-order chi connectivity index (χ0) is 30.3. The molecule has 1 spiro atoms. The van der Waals surface area contributed by atoms with E-state index in [-0.39, 0.29) is 35.6 Å². The largest absolute Gasteiger partial charge is 0.573 e. The Balaban J connectivity index is 1.27. The van der Waals surface area contributed by atoms with E-state index < -0.39 is 12.0 Å². The highest BCUT2D eigenvalue weighted by Gasteiger charge is 2.52. The number of ether oxygens (including phenoxy) is 2. The minimum absolute atomic E-state index is 0.0106. The highest BCUT2D eigenvalue weighted by atomic mass is 19.4. The normalized spacial score (nSPS) is 24.6. The number of likely N-dealkylation sites (tertiary alicyclic amines) is 1. The molecule has 0 radical (unpaired) electrons. The smallest absolute Gasteiger partial charge is 0.444 e. The lowest BCUT2D eigenvalue weighted by Gasteiger charge is -2.48. The minimum atomic E-state index is -4.81. The van der Waals surface area contributed by atoms with Crippen LogP contribution < -0.4 is 10.5 Å². The van der Waals surface area contributed by atoms with Crippen LogP contribution in [0.3, 0.4) is 0 Å². The molecule has 2 aliphatic heterocycles. The van der Waals surface area contributed by atoms with E-state index in [4.69, 9.17) is 15.5 Å². The minimum Gasteiger partial charge on any atom is -0.444 e. The van der Waals surface area contributed by atoms with Crippen LogP contribution in [0.2, 0.25) is 0 Å². The number of nitrogens with zero attached hydrogens (tertiary/aromatic N) is 5.